The van der Waals surface area contributed by atoms with E-state index in [0.717, 1.165) is 10.7 Å². The number of carbonyl (C=O) groups excluding carboxylic acids is 1. The zero-order chi connectivity index (χ0) is 21.6. The van der Waals surface area contributed by atoms with Crippen molar-refractivity contribution in [1.29, 1.82) is 0 Å². The molecule has 0 unspecified atom stereocenters. The number of nitrogens with one attached hydrogen (secondary N) is 1. The Morgan fingerprint density at radius 1 is 1.10 bits per heavy atom. The molecule has 158 valence electrons. The number of nitrogens with zero attached hydrogens (tertiary/aromatic N) is 1. The number of nitrogens with two attached hydrogens (primary N) is 1. The second-order valence-corrected chi connectivity index (χ2v) is 9.82. The number of amides is 1. The van der Waals surface area contributed by atoms with Gasteiger partial charge in [-0.05, 0) is 30.2 Å². The van der Waals surface area contributed by atoms with Crippen molar-refractivity contribution in [2.45, 2.75) is 38.1 Å². The predicted octanol–water partition coefficient (Wildman–Crippen LogP) is 2.40. The highest BCUT2D eigenvalue weighted by atomic mass is 32.2. The van der Waals surface area contributed by atoms with Crippen molar-refractivity contribution in [3.8, 4) is 0 Å². The third-order valence-electron chi connectivity index (χ3n) is 4.94. The zero-order valence-electron chi connectivity index (χ0n) is 17.8. The summed E-state index contributed by atoms with van der Waals surface area (Å²) in [6, 6.07) is 15.0. The first-order chi connectivity index (χ1) is 13.6. The number of sulfonamides is 1. The van der Waals surface area contributed by atoms with E-state index in [4.69, 9.17) is 0 Å². The summed E-state index contributed by atoms with van der Waals surface area (Å²) in [7, 11) is -0.578. The molecule has 3 N–H and O–H groups in total. The van der Waals surface area contributed by atoms with Crippen LogP contribution in [0.25, 0.3) is 0 Å². The van der Waals surface area contributed by atoms with E-state index in [1.165, 1.54) is 37.4 Å². The van der Waals surface area contributed by atoms with Gasteiger partial charge in [0.25, 0.3) is 5.91 Å². The van der Waals surface area contributed by atoms with Crippen molar-refractivity contribution >= 4 is 21.6 Å². The quantitative estimate of drug-likeness (QED) is 0.656. The Bertz CT molecular complexity index is 923. The van der Waals surface area contributed by atoms with Gasteiger partial charge in [-0.1, -0.05) is 51.1 Å². The second-order valence-electron chi connectivity index (χ2n) is 7.67. The van der Waals surface area contributed by atoms with Gasteiger partial charge in [0.15, 0.2) is 6.54 Å². The van der Waals surface area contributed by atoms with Crippen LogP contribution in [0.5, 0.6) is 0 Å². The standard InChI is InChI=1S/C22H31N3O3S/c1-6-17-10-12-18(13-11-17)22(16(2)3)23-15-21(26)24-19-8-7-9-20(14-19)29(27,28)25(4)5/h7-14,16,22-23H,6,15H2,1-5H3,(H,24,26)/p+1/t22-/m0/s1. The van der Waals surface area contributed by atoms with Crippen molar-refractivity contribution in [3.63, 3.8) is 0 Å². The molecule has 2 aromatic rings. The lowest BCUT2D eigenvalue weighted by Crippen LogP contribution is -2.88. The van der Waals surface area contributed by atoms with Gasteiger partial charge in [-0.15, -0.1) is 0 Å². The summed E-state index contributed by atoms with van der Waals surface area (Å²) >= 11 is 0. The van der Waals surface area contributed by atoms with Crippen LogP contribution in [0.2, 0.25) is 0 Å². The molecule has 1 atom stereocenters. The first-order valence-electron chi connectivity index (χ1n) is 9.89. The molecule has 1 amide bonds. The maximum absolute atomic E-state index is 12.5. The van der Waals surface area contributed by atoms with E-state index in [1.54, 1.807) is 12.1 Å². The summed E-state index contributed by atoms with van der Waals surface area (Å²) < 4.78 is 25.7. The molecular formula is C22H32N3O3S+. The Morgan fingerprint density at radius 2 is 1.76 bits per heavy atom. The largest absolute Gasteiger partial charge is 0.332 e. The Balaban J connectivity index is 2.04. The lowest BCUT2D eigenvalue weighted by molar-refractivity contribution is -0.692. The third kappa shape index (κ3) is 6.13. The maximum Gasteiger partial charge on any atom is 0.279 e. The van der Waals surface area contributed by atoms with E-state index >= 15 is 0 Å². The fourth-order valence-corrected chi connectivity index (χ4v) is 4.11. The molecule has 0 saturated carbocycles. The normalized spacial score (nSPS) is 12.9. The van der Waals surface area contributed by atoms with E-state index < -0.39 is 10.0 Å². The summed E-state index contributed by atoms with van der Waals surface area (Å²) in [4.78, 5) is 12.6. The number of anilines is 1. The molecule has 0 aromatic heterocycles. The number of quaternary nitrogens is 1. The van der Waals surface area contributed by atoms with Crippen LogP contribution in [0.1, 0.15) is 37.9 Å². The van der Waals surface area contributed by atoms with E-state index in [9.17, 15) is 13.2 Å². The van der Waals surface area contributed by atoms with Crippen LogP contribution >= 0.6 is 0 Å². The molecule has 6 nitrogen and oxygen atoms in total. The summed E-state index contributed by atoms with van der Waals surface area (Å²) in [6.45, 7) is 6.66. The van der Waals surface area contributed by atoms with Crippen LogP contribution in [0.4, 0.5) is 5.69 Å². The average Bonchev–Trinajstić information content (AvgIpc) is 2.68. The minimum absolute atomic E-state index is 0.153. The molecule has 2 aromatic carbocycles. The minimum atomic E-state index is -3.54. The fourth-order valence-electron chi connectivity index (χ4n) is 3.16. The number of carbonyl (C=O) groups is 1. The van der Waals surface area contributed by atoms with Crippen molar-refractivity contribution in [3.05, 3.63) is 59.7 Å². The molecule has 0 bridgehead atoms. The molecule has 29 heavy (non-hydrogen) atoms. The van der Waals surface area contributed by atoms with Gasteiger partial charge in [-0.2, -0.15) is 0 Å². The van der Waals surface area contributed by atoms with E-state index in [-0.39, 0.29) is 23.4 Å². The third-order valence-corrected chi connectivity index (χ3v) is 6.76. The van der Waals surface area contributed by atoms with Gasteiger partial charge in [0.2, 0.25) is 10.0 Å². The minimum Gasteiger partial charge on any atom is -0.332 e. The van der Waals surface area contributed by atoms with Crippen molar-refractivity contribution in [1.82, 2.24) is 4.31 Å². The molecule has 0 spiro atoms. The number of rotatable bonds is 9. The monoisotopic (exact) mass is 418 g/mol. The Labute approximate surface area is 174 Å². The lowest BCUT2D eigenvalue weighted by atomic mass is 9.95. The fraction of sp³-hybridized carbons (Fsp3) is 0.409. The van der Waals surface area contributed by atoms with Crippen molar-refractivity contribution in [2.24, 2.45) is 5.92 Å². The van der Waals surface area contributed by atoms with Crippen molar-refractivity contribution < 1.29 is 18.5 Å². The SMILES string of the molecule is CCc1ccc([C@@H]([NH2+]CC(=O)Nc2cccc(S(=O)(=O)N(C)C)c2)C(C)C)cc1. The first-order valence-corrected chi connectivity index (χ1v) is 11.3. The Kier molecular flexibility index (Phi) is 7.96. The number of hydrogen-bond donors (Lipinski definition) is 2. The topological polar surface area (TPSA) is 83.1 Å². The van der Waals surface area contributed by atoms with E-state index in [1.807, 2.05) is 5.32 Å². The van der Waals surface area contributed by atoms with Crippen molar-refractivity contribution in [2.75, 3.05) is 26.0 Å². The summed E-state index contributed by atoms with van der Waals surface area (Å²) in [5.41, 5.74) is 2.96. The van der Waals surface area contributed by atoms with E-state index in [0.29, 0.717) is 11.6 Å². The molecule has 0 saturated heterocycles. The molecule has 0 fully saturated rings. The zero-order valence-corrected chi connectivity index (χ0v) is 18.7. The van der Waals surface area contributed by atoms with Crippen LogP contribution in [0, 0.1) is 5.92 Å². The maximum atomic E-state index is 12.5. The Morgan fingerprint density at radius 3 is 2.31 bits per heavy atom. The average molecular weight is 419 g/mol. The van der Waals surface area contributed by atoms with Gasteiger partial charge in [-0.25, -0.2) is 12.7 Å². The molecule has 7 heteroatoms. The highest BCUT2D eigenvalue weighted by Gasteiger charge is 2.21. The van der Waals surface area contributed by atoms with Crippen LogP contribution in [0.3, 0.4) is 0 Å². The molecule has 0 radical (unpaired) electrons. The molecular weight excluding hydrogens is 386 g/mol. The van der Waals surface area contributed by atoms with Gasteiger partial charge in [0.1, 0.15) is 6.04 Å². The molecule has 0 aliphatic carbocycles. The first kappa shape index (κ1) is 23.1. The highest BCUT2D eigenvalue weighted by Crippen LogP contribution is 2.19. The van der Waals surface area contributed by atoms with Crippen LogP contribution in [-0.2, 0) is 21.2 Å². The molecule has 2 rings (SSSR count). The van der Waals surface area contributed by atoms with Crippen LogP contribution in [0.15, 0.2) is 53.4 Å². The van der Waals surface area contributed by atoms with Crippen LogP contribution < -0.4 is 10.6 Å². The lowest BCUT2D eigenvalue weighted by Gasteiger charge is -2.20. The van der Waals surface area contributed by atoms with Gasteiger partial charge < -0.3 is 10.6 Å². The van der Waals surface area contributed by atoms with Crippen LogP contribution in [-0.4, -0.2) is 39.3 Å². The predicted molar refractivity (Wildman–Crippen MR) is 116 cm³/mol. The Hall–Kier alpha value is -2.22. The number of benzene rings is 2. The van der Waals surface area contributed by atoms with Gasteiger partial charge >= 0.3 is 0 Å². The highest BCUT2D eigenvalue weighted by molar-refractivity contribution is 7.89. The van der Waals surface area contributed by atoms with Gasteiger partial charge in [-0.3, -0.25) is 4.79 Å². The second kappa shape index (κ2) is 10.0. The molecule has 0 aliphatic rings. The van der Waals surface area contributed by atoms with Gasteiger partial charge in [0.05, 0.1) is 4.90 Å². The smallest absolute Gasteiger partial charge is 0.279 e. The summed E-state index contributed by atoms with van der Waals surface area (Å²) in [5.74, 6) is 0.198. The van der Waals surface area contributed by atoms with E-state index in [2.05, 4.69) is 50.4 Å². The molecule has 0 aliphatic heterocycles. The molecule has 0 heterocycles. The number of aryl methyl sites for hydroxylation is 1. The number of hydrogen-bond acceptors (Lipinski definition) is 3. The summed E-state index contributed by atoms with van der Waals surface area (Å²) in [6.07, 6.45) is 1.00. The summed E-state index contributed by atoms with van der Waals surface area (Å²) in [5, 5.41) is 4.83. The van der Waals surface area contributed by atoms with Gasteiger partial charge in [0, 0.05) is 31.3 Å².